The van der Waals surface area contributed by atoms with Crippen molar-refractivity contribution in [3.8, 4) is 0 Å². The average Bonchev–Trinajstić information content (AvgIpc) is 2.81. The molecule has 6 heteroatoms. The first-order chi connectivity index (χ1) is 8.58. The molecule has 1 aromatic rings. The van der Waals surface area contributed by atoms with Crippen LogP contribution in [0.3, 0.4) is 0 Å². The number of likely N-dealkylation sites (tertiary alicyclic amines) is 1. The maximum atomic E-state index is 11.9. The number of carboxylic acids is 1. The van der Waals surface area contributed by atoms with Crippen LogP contribution >= 0.6 is 0 Å². The molecule has 1 aliphatic rings. The minimum Gasteiger partial charge on any atom is -0.480 e. The highest BCUT2D eigenvalue weighted by Crippen LogP contribution is 2.19. The Hall–Kier alpha value is -2.24. The number of hydrogen-bond acceptors (Lipinski definition) is 3. The fraction of sp³-hybridized carbons (Fsp3) is 0.333. The highest BCUT2D eigenvalue weighted by Gasteiger charge is 2.33. The number of nitrogens with two attached hydrogens (primary N) is 1. The fourth-order valence-electron chi connectivity index (χ4n) is 2.03. The monoisotopic (exact) mass is 249 g/mol. The van der Waals surface area contributed by atoms with Crippen LogP contribution in [0.15, 0.2) is 24.3 Å². The van der Waals surface area contributed by atoms with Crippen LogP contribution in [0.25, 0.3) is 0 Å². The molecule has 96 valence electrons. The minimum absolute atomic E-state index is 0.385. The van der Waals surface area contributed by atoms with E-state index in [0.717, 1.165) is 0 Å². The third-order valence-electron chi connectivity index (χ3n) is 2.96. The van der Waals surface area contributed by atoms with Gasteiger partial charge in [-0.15, -0.1) is 0 Å². The van der Waals surface area contributed by atoms with Gasteiger partial charge in [0.25, 0.3) is 0 Å². The van der Waals surface area contributed by atoms with E-state index in [0.29, 0.717) is 30.8 Å². The van der Waals surface area contributed by atoms with E-state index in [2.05, 4.69) is 5.32 Å². The van der Waals surface area contributed by atoms with Crippen molar-refractivity contribution in [3.05, 3.63) is 24.3 Å². The Morgan fingerprint density at radius 2 is 2.00 bits per heavy atom. The second-order valence-electron chi connectivity index (χ2n) is 4.24. The predicted octanol–water partition coefficient (Wildman–Crippen LogP) is 1.35. The van der Waals surface area contributed by atoms with Gasteiger partial charge in [0.05, 0.1) is 0 Å². The molecule has 1 atom stereocenters. The highest BCUT2D eigenvalue weighted by atomic mass is 16.4. The van der Waals surface area contributed by atoms with E-state index in [1.165, 1.54) is 4.90 Å². The van der Waals surface area contributed by atoms with Crippen LogP contribution in [0.5, 0.6) is 0 Å². The summed E-state index contributed by atoms with van der Waals surface area (Å²) in [5.41, 5.74) is 6.75. The molecule has 4 N–H and O–H groups in total. The standard InChI is InChI=1S/C12H15N3O3/c13-8-3-5-9(6-4-8)14-12(18)15-7-1-2-10(15)11(16)17/h3-6,10H,1-2,7,13H2,(H,14,18)(H,16,17)/t10-/m0/s1. The topological polar surface area (TPSA) is 95.7 Å². The van der Waals surface area contributed by atoms with Crippen molar-refractivity contribution in [2.24, 2.45) is 0 Å². The summed E-state index contributed by atoms with van der Waals surface area (Å²) in [6.45, 7) is 0.470. The summed E-state index contributed by atoms with van der Waals surface area (Å²) >= 11 is 0. The second kappa shape index (κ2) is 4.95. The molecule has 0 radical (unpaired) electrons. The molecule has 0 aliphatic carbocycles. The number of nitrogens with one attached hydrogen (secondary N) is 1. The van der Waals surface area contributed by atoms with Gasteiger partial charge < -0.3 is 21.1 Å². The molecule has 1 saturated heterocycles. The molecule has 1 aliphatic heterocycles. The number of carboxylic acid groups (broad SMARTS) is 1. The average molecular weight is 249 g/mol. The molecule has 0 saturated carbocycles. The number of carbonyl (C=O) groups is 2. The van der Waals surface area contributed by atoms with E-state index in [-0.39, 0.29) is 6.03 Å². The normalized spacial score (nSPS) is 18.7. The van der Waals surface area contributed by atoms with Crippen molar-refractivity contribution in [1.82, 2.24) is 4.90 Å². The summed E-state index contributed by atoms with van der Waals surface area (Å²) in [5, 5.41) is 11.7. The van der Waals surface area contributed by atoms with Gasteiger partial charge in [-0.25, -0.2) is 9.59 Å². The number of nitrogen functional groups attached to an aromatic ring is 1. The molecule has 2 amide bonds. The Balaban J connectivity index is 2.03. The van der Waals surface area contributed by atoms with Gasteiger partial charge in [0, 0.05) is 17.9 Å². The van der Waals surface area contributed by atoms with Crippen molar-refractivity contribution in [1.29, 1.82) is 0 Å². The first kappa shape index (κ1) is 12.2. The number of benzene rings is 1. The molecule has 0 spiro atoms. The van der Waals surface area contributed by atoms with Gasteiger partial charge in [0.15, 0.2) is 0 Å². The molecule has 0 unspecified atom stereocenters. The van der Waals surface area contributed by atoms with Gasteiger partial charge in [-0.05, 0) is 37.1 Å². The predicted molar refractivity (Wildman–Crippen MR) is 67.2 cm³/mol. The van der Waals surface area contributed by atoms with Gasteiger partial charge in [-0.2, -0.15) is 0 Å². The molecular formula is C12H15N3O3. The van der Waals surface area contributed by atoms with E-state index in [9.17, 15) is 9.59 Å². The Labute approximate surface area is 104 Å². The van der Waals surface area contributed by atoms with Crippen molar-refractivity contribution in [2.75, 3.05) is 17.6 Å². The smallest absolute Gasteiger partial charge is 0.326 e. The van der Waals surface area contributed by atoms with Gasteiger partial charge in [0.1, 0.15) is 6.04 Å². The van der Waals surface area contributed by atoms with Gasteiger partial charge in [0.2, 0.25) is 0 Å². The Kier molecular flexibility index (Phi) is 3.36. The van der Waals surface area contributed by atoms with E-state index in [1.54, 1.807) is 24.3 Å². The summed E-state index contributed by atoms with van der Waals surface area (Å²) in [5.74, 6) is -0.958. The summed E-state index contributed by atoms with van der Waals surface area (Å²) in [7, 11) is 0. The van der Waals surface area contributed by atoms with E-state index < -0.39 is 12.0 Å². The Morgan fingerprint density at radius 1 is 1.33 bits per heavy atom. The SMILES string of the molecule is Nc1ccc(NC(=O)N2CCC[C@H]2C(=O)O)cc1. The summed E-state index contributed by atoms with van der Waals surface area (Å²) < 4.78 is 0. The van der Waals surface area contributed by atoms with Crippen LogP contribution in [0.2, 0.25) is 0 Å². The maximum absolute atomic E-state index is 11.9. The molecule has 18 heavy (non-hydrogen) atoms. The number of urea groups is 1. The number of aliphatic carboxylic acids is 1. The molecule has 1 aromatic carbocycles. The van der Waals surface area contributed by atoms with Crippen molar-refractivity contribution in [2.45, 2.75) is 18.9 Å². The van der Waals surface area contributed by atoms with Crippen LogP contribution in [0.1, 0.15) is 12.8 Å². The van der Waals surface area contributed by atoms with E-state index in [4.69, 9.17) is 10.8 Å². The number of carbonyl (C=O) groups excluding carboxylic acids is 1. The second-order valence-corrected chi connectivity index (χ2v) is 4.24. The van der Waals surface area contributed by atoms with Crippen molar-refractivity contribution >= 4 is 23.4 Å². The van der Waals surface area contributed by atoms with E-state index in [1.807, 2.05) is 0 Å². The van der Waals surface area contributed by atoms with Crippen molar-refractivity contribution in [3.63, 3.8) is 0 Å². The lowest BCUT2D eigenvalue weighted by atomic mass is 10.2. The molecule has 0 aromatic heterocycles. The lowest BCUT2D eigenvalue weighted by Crippen LogP contribution is -2.42. The molecular weight excluding hydrogens is 234 g/mol. The minimum atomic E-state index is -0.958. The van der Waals surface area contributed by atoms with Crippen LogP contribution in [0, 0.1) is 0 Å². The third-order valence-corrected chi connectivity index (χ3v) is 2.96. The van der Waals surface area contributed by atoms with E-state index >= 15 is 0 Å². The number of amides is 2. The zero-order chi connectivity index (χ0) is 13.1. The molecule has 0 bridgehead atoms. The van der Waals surface area contributed by atoms with Gasteiger partial charge >= 0.3 is 12.0 Å². The number of nitrogens with zero attached hydrogens (tertiary/aromatic N) is 1. The fourth-order valence-corrected chi connectivity index (χ4v) is 2.03. The number of anilines is 2. The van der Waals surface area contributed by atoms with Crippen molar-refractivity contribution < 1.29 is 14.7 Å². The Bertz CT molecular complexity index is 458. The number of hydrogen-bond donors (Lipinski definition) is 3. The maximum Gasteiger partial charge on any atom is 0.326 e. The highest BCUT2D eigenvalue weighted by molar-refractivity contribution is 5.92. The van der Waals surface area contributed by atoms with Crippen LogP contribution in [-0.2, 0) is 4.79 Å². The lowest BCUT2D eigenvalue weighted by Gasteiger charge is -2.21. The third kappa shape index (κ3) is 2.53. The molecule has 2 rings (SSSR count). The van der Waals surface area contributed by atoms with Crippen LogP contribution in [-0.4, -0.2) is 34.6 Å². The van der Waals surface area contributed by atoms with Gasteiger partial charge in [-0.3, -0.25) is 0 Å². The first-order valence-electron chi connectivity index (χ1n) is 5.74. The van der Waals surface area contributed by atoms with Crippen LogP contribution < -0.4 is 11.1 Å². The zero-order valence-corrected chi connectivity index (χ0v) is 9.80. The largest absolute Gasteiger partial charge is 0.480 e. The first-order valence-corrected chi connectivity index (χ1v) is 5.74. The summed E-state index contributed by atoms with van der Waals surface area (Å²) in [6, 6.07) is 5.60. The van der Waals surface area contributed by atoms with Gasteiger partial charge in [-0.1, -0.05) is 0 Å². The molecule has 1 heterocycles. The lowest BCUT2D eigenvalue weighted by molar-refractivity contribution is -0.141. The molecule has 6 nitrogen and oxygen atoms in total. The number of rotatable bonds is 2. The summed E-state index contributed by atoms with van der Waals surface area (Å²) in [6.07, 6.45) is 1.22. The van der Waals surface area contributed by atoms with Crippen LogP contribution in [0.4, 0.5) is 16.2 Å². The molecule has 1 fully saturated rings. The quantitative estimate of drug-likeness (QED) is 0.689. The zero-order valence-electron chi connectivity index (χ0n) is 9.80. The Morgan fingerprint density at radius 3 is 2.61 bits per heavy atom. The summed E-state index contributed by atoms with van der Waals surface area (Å²) in [4.78, 5) is 24.3.